The van der Waals surface area contributed by atoms with Gasteiger partial charge in [-0.05, 0) is 42.1 Å². The molecule has 0 fully saturated rings. The molecule has 2 aliphatic rings. The molecule has 0 spiro atoms. The summed E-state index contributed by atoms with van der Waals surface area (Å²) in [5.41, 5.74) is 2.08. The van der Waals surface area contributed by atoms with E-state index in [0.29, 0.717) is 5.41 Å². The van der Waals surface area contributed by atoms with E-state index in [4.69, 9.17) is 0 Å². The van der Waals surface area contributed by atoms with Crippen LogP contribution < -0.4 is 0 Å². The van der Waals surface area contributed by atoms with Gasteiger partial charge in [-0.25, -0.2) is 0 Å². The quantitative estimate of drug-likeness (QED) is 0.524. The third-order valence-electron chi connectivity index (χ3n) is 4.36. The van der Waals surface area contributed by atoms with Crippen molar-refractivity contribution in [2.24, 2.45) is 17.3 Å². The van der Waals surface area contributed by atoms with Gasteiger partial charge in [-0.1, -0.05) is 39.0 Å². The Hall–Kier alpha value is -0.520. The number of hydrogen-bond acceptors (Lipinski definition) is 0. The molecule has 13 heavy (non-hydrogen) atoms. The maximum absolute atomic E-state index is 2.46. The molecule has 0 radical (unpaired) electrons. The van der Waals surface area contributed by atoms with E-state index in [-0.39, 0.29) is 0 Å². The molecule has 72 valence electrons. The fraction of sp³-hybridized carbons (Fsp3) is 0.692. The minimum absolute atomic E-state index is 0.479. The topological polar surface area (TPSA) is 0 Å². The van der Waals surface area contributed by atoms with Gasteiger partial charge >= 0.3 is 0 Å². The van der Waals surface area contributed by atoms with Crippen LogP contribution in [-0.4, -0.2) is 0 Å². The minimum Gasteiger partial charge on any atom is -0.0842 e. The van der Waals surface area contributed by atoms with E-state index in [9.17, 15) is 0 Å². The average molecular weight is 176 g/mol. The van der Waals surface area contributed by atoms with Crippen LogP contribution in [0.5, 0.6) is 0 Å². The van der Waals surface area contributed by atoms with Gasteiger partial charge in [0.05, 0.1) is 0 Å². The highest BCUT2D eigenvalue weighted by atomic mass is 14.4. The lowest BCUT2D eigenvalue weighted by Gasteiger charge is -2.45. The van der Waals surface area contributed by atoms with Gasteiger partial charge in [0, 0.05) is 0 Å². The smallest absolute Gasteiger partial charge is 0.00473 e. The van der Waals surface area contributed by atoms with Gasteiger partial charge in [0.15, 0.2) is 0 Å². The summed E-state index contributed by atoms with van der Waals surface area (Å²) in [7, 11) is 0. The SMILES string of the molecule is CC1CC=C2C=CCC[C@]2(C)C1C. The van der Waals surface area contributed by atoms with Gasteiger partial charge in [-0.3, -0.25) is 0 Å². The van der Waals surface area contributed by atoms with Crippen LogP contribution in [0.25, 0.3) is 0 Å². The van der Waals surface area contributed by atoms with Crippen LogP contribution >= 0.6 is 0 Å². The molecule has 0 nitrogen and oxygen atoms in total. The summed E-state index contributed by atoms with van der Waals surface area (Å²) >= 11 is 0. The lowest BCUT2D eigenvalue weighted by molar-refractivity contribution is 0.159. The van der Waals surface area contributed by atoms with Crippen LogP contribution in [0.2, 0.25) is 0 Å². The zero-order valence-corrected chi connectivity index (χ0v) is 9.01. The standard InChI is InChI=1S/C13H20/c1-10-7-8-12-6-4-5-9-13(12,3)11(10)2/h4,6,8,10-11H,5,7,9H2,1-3H3/t10?,11?,13-/m1/s1. The number of rotatable bonds is 0. The fourth-order valence-electron chi connectivity index (χ4n) is 2.86. The first-order chi connectivity index (χ1) is 6.14. The van der Waals surface area contributed by atoms with Crippen molar-refractivity contribution < 1.29 is 0 Å². The first-order valence-corrected chi connectivity index (χ1v) is 5.52. The summed E-state index contributed by atoms with van der Waals surface area (Å²) in [4.78, 5) is 0. The molecular weight excluding hydrogens is 156 g/mol. The summed E-state index contributed by atoms with van der Waals surface area (Å²) in [6.45, 7) is 7.26. The van der Waals surface area contributed by atoms with Crippen molar-refractivity contribution in [2.45, 2.75) is 40.0 Å². The summed E-state index contributed by atoms with van der Waals surface area (Å²) in [6, 6.07) is 0. The molecule has 0 aromatic heterocycles. The molecule has 2 unspecified atom stereocenters. The molecule has 0 aromatic rings. The van der Waals surface area contributed by atoms with Gasteiger partial charge in [0.25, 0.3) is 0 Å². The first-order valence-electron chi connectivity index (χ1n) is 5.52. The molecule has 0 aromatic carbocycles. The molecule has 0 N–H and O–H groups in total. The van der Waals surface area contributed by atoms with Gasteiger partial charge in [-0.2, -0.15) is 0 Å². The van der Waals surface area contributed by atoms with Crippen molar-refractivity contribution in [3.63, 3.8) is 0 Å². The molecule has 3 atom stereocenters. The zero-order valence-electron chi connectivity index (χ0n) is 9.01. The largest absolute Gasteiger partial charge is 0.0842 e. The van der Waals surface area contributed by atoms with Crippen LogP contribution in [0.3, 0.4) is 0 Å². The Morgan fingerprint density at radius 2 is 2.15 bits per heavy atom. The molecule has 0 bridgehead atoms. The fourth-order valence-corrected chi connectivity index (χ4v) is 2.86. The molecule has 0 amide bonds. The monoisotopic (exact) mass is 176 g/mol. The zero-order chi connectivity index (χ0) is 9.47. The maximum atomic E-state index is 2.46. The average Bonchev–Trinajstić information content (AvgIpc) is 2.13. The molecule has 0 aliphatic heterocycles. The third-order valence-corrected chi connectivity index (χ3v) is 4.36. The predicted octanol–water partition coefficient (Wildman–Crippen LogP) is 3.95. The summed E-state index contributed by atoms with van der Waals surface area (Å²) in [5, 5.41) is 0. The second kappa shape index (κ2) is 3.01. The molecule has 2 aliphatic carbocycles. The van der Waals surface area contributed by atoms with Crippen molar-refractivity contribution in [1.82, 2.24) is 0 Å². The maximum Gasteiger partial charge on any atom is -0.00473 e. The van der Waals surface area contributed by atoms with Crippen LogP contribution in [0.1, 0.15) is 40.0 Å². The van der Waals surface area contributed by atoms with Crippen molar-refractivity contribution in [1.29, 1.82) is 0 Å². The van der Waals surface area contributed by atoms with Crippen molar-refractivity contribution in [3.8, 4) is 0 Å². The highest BCUT2D eigenvalue weighted by molar-refractivity contribution is 5.32. The Morgan fingerprint density at radius 1 is 1.38 bits per heavy atom. The Bertz CT molecular complexity index is 259. The van der Waals surface area contributed by atoms with Gasteiger partial charge in [-0.15, -0.1) is 0 Å². The van der Waals surface area contributed by atoms with E-state index in [1.165, 1.54) is 19.3 Å². The molecular formula is C13H20. The Kier molecular flexibility index (Phi) is 2.09. The van der Waals surface area contributed by atoms with Crippen LogP contribution in [0.4, 0.5) is 0 Å². The lowest BCUT2D eigenvalue weighted by atomic mass is 9.60. The van der Waals surface area contributed by atoms with Crippen molar-refractivity contribution in [2.75, 3.05) is 0 Å². The second-order valence-electron chi connectivity index (χ2n) is 5.02. The highest BCUT2D eigenvalue weighted by Gasteiger charge is 2.39. The molecule has 2 rings (SSSR count). The molecule has 0 saturated heterocycles. The van der Waals surface area contributed by atoms with Crippen molar-refractivity contribution in [3.05, 3.63) is 23.8 Å². The lowest BCUT2D eigenvalue weighted by Crippen LogP contribution is -2.35. The van der Waals surface area contributed by atoms with E-state index in [1.807, 2.05) is 0 Å². The van der Waals surface area contributed by atoms with E-state index in [1.54, 1.807) is 5.57 Å². The third kappa shape index (κ3) is 1.27. The van der Waals surface area contributed by atoms with Gasteiger partial charge in [0.2, 0.25) is 0 Å². The van der Waals surface area contributed by atoms with Crippen molar-refractivity contribution >= 4 is 0 Å². The number of hydrogen-bond donors (Lipinski definition) is 0. The van der Waals surface area contributed by atoms with Gasteiger partial charge < -0.3 is 0 Å². The Labute approximate surface area is 81.7 Å². The number of fused-ring (bicyclic) bond motifs is 1. The van der Waals surface area contributed by atoms with Crippen LogP contribution in [-0.2, 0) is 0 Å². The molecule has 0 heteroatoms. The first kappa shape index (κ1) is 9.05. The summed E-state index contributed by atoms with van der Waals surface area (Å²) < 4.78 is 0. The Balaban J connectivity index is 2.38. The molecule has 0 heterocycles. The normalized spacial score (nSPS) is 44.1. The minimum atomic E-state index is 0.479. The van der Waals surface area contributed by atoms with Crippen LogP contribution in [0, 0.1) is 17.3 Å². The van der Waals surface area contributed by atoms with E-state index in [0.717, 1.165) is 11.8 Å². The van der Waals surface area contributed by atoms with E-state index >= 15 is 0 Å². The predicted molar refractivity (Wildman–Crippen MR) is 57.5 cm³/mol. The summed E-state index contributed by atoms with van der Waals surface area (Å²) in [5.74, 6) is 1.71. The Morgan fingerprint density at radius 3 is 2.92 bits per heavy atom. The van der Waals surface area contributed by atoms with Gasteiger partial charge in [0.1, 0.15) is 0 Å². The second-order valence-corrected chi connectivity index (χ2v) is 5.02. The highest BCUT2D eigenvalue weighted by Crippen LogP contribution is 2.49. The number of allylic oxidation sites excluding steroid dienone is 4. The molecule has 0 saturated carbocycles. The van der Waals surface area contributed by atoms with Crippen LogP contribution in [0.15, 0.2) is 23.8 Å². The van der Waals surface area contributed by atoms with E-state index < -0.39 is 0 Å². The van der Waals surface area contributed by atoms with E-state index in [2.05, 4.69) is 39.0 Å². The summed E-state index contributed by atoms with van der Waals surface area (Å²) in [6.07, 6.45) is 11.0.